The molecule has 0 aliphatic carbocycles. The van der Waals surface area contributed by atoms with Gasteiger partial charge in [0.25, 0.3) is 0 Å². The van der Waals surface area contributed by atoms with Crippen molar-refractivity contribution in [1.29, 1.82) is 0 Å². The van der Waals surface area contributed by atoms with E-state index in [1.807, 2.05) is 112 Å². The van der Waals surface area contributed by atoms with Crippen molar-refractivity contribution in [3.05, 3.63) is 108 Å². The van der Waals surface area contributed by atoms with E-state index in [4.69, 9.17) is 19.9 Å². The molecule has 2 aromatic carbocycles. The number of nitrogen functional groups attached to an aromatic ring is 1. The number of halogens is 1. The molecule has 0 atom stereocenters. The molecule has 2 aromatic heterocycles. The first-order valence-electron chi connectivity index (χ1n) is 18.8. The highest BCUT2D eigenvalue weighted by molar-refractivity contribution is 5.32. The fourth-order valence-electron chi connectivity index (χ4n) is 4.39. The van der Waals surface area contributed by atoms with Crippen molar-refractivity contribution < 1.29 is 18.6 Å². The molecular weight excluding hydrogens is 676 g/mol. The third-order valence-electron chi connectivity index (χ3n) is 6.38. The molecule has 54 heavy (non-hydrogen) atoms. The zero-order valence-corrected chi connectivity index (χ0v) is 37.1. The van der Waals surface area contributed by atoms with E-state index in [9.17, 15) is 4.39 Å². The molecule has 0 fully saturated rings. The average molecular weight is 749 g/mol. The van der Waals surface area contributed by atoms with Crippen LogP contribution in [0.1, 0.15) is 140 Å². The summed E-state index contributed by atoms with van der Waals surface area (Å²) in [7, 11) is 0. The summed E-state index contributed by atoms with van der Waals surface area (Å²) in [6, 6.07) is 21.9. The fraction of sp³-hybridized carbons (Fsp3) is 0.543. The van der Waals surface area contributed by atoms with Crippen molar-refractivity contribution in [2.45, 2.75) is 165 Å². The Morgan fingerprint density at radius 3 is 1.41 bits per heavy atom. The van der Waals surface area contributed by atoms with E-state index >= 15 is 0 Å². The Balaban J connectivity index is 0.000000655. The second kappa shape index (κ2) is 21.7. The lowest BCUT2D eigenvalue weighted by Gasteiger charge is -2.22. The monoisotopic (exact) mass is 749 g/mol. The Morgan fingerprint density at radius 1 is 0.593 bits per heavy atom. The van der Waals surface area contributed by atoms with Gasteiger partial charge >= 0.3 is 0 Å². The minimum absolute atomic E-state index is 0.0220. The van der Waals surface area contributed by atoms with Gasteiger partial charge in [-0.05, 0) is 150 Å². The van der Waals surface area contributed by atoms with Crippen molar-refractivity contribution in [1.82, 2.24) is 15.0 Å². The number of hydrogen-bond acceptors (Lipinski definition) is 7. The van der Waals surface area contributed by atoms with Crippen LogP contribution in [0.2, 0.25) is 0 Å². The number of rotatable bonds is 3. The van der Waals surface area contributed by atoms with Gasteiger partial charge in [0, 0.05) is 23.4 Å². The summed E-state index contributed by atoms with van der Waals surface area (Å²) in [5.41, 5.74) is 9.03. The number of ether oxygens (including phenoxy) is 3. The summed E-state index contributed by atoms with van der Waals surface area (Å²) in [5.74, 6) is 2.67. The molecular formula is C46H73FN4O3. The molecule has 2 heterocycles. The number of nitrogens with zero attached hydrogens (tertiary/aromatic N) is 3. The van der Waals surface area contributed by atoms with Crippen LogP contribution < -0.4 is 15.2 Å². The molecule has 4 rings (SSSR count). The van der Waals surface area contributed by atoms with E-state index in [1.165, 1.54) is 17.7 Å². The van der Waals surface area contributed by atoms with Gasteiger partial charge in [-0.1, -0.05) is 59.7 Å². The minimum Gasteiger partial charge on any atom is -0.488 e. The van der Waals surface area contributed by atoms with Gasteiger partial charge in [0.05, 0.1) is 17.4 Å². The van der Waals surface area contributed by atoms with E-state index in [0.29, 0.717) is 17.7 Å². The van der Waals surface area contributed by atoms with E-state index in [1.54, 1.807) is 12.1 Å². The summed E-state index contributed by atoms with van der Waals surface area (Å²) in [6.07, 6.45) is 2.21. The Morgan fingerprint density at radius 2 is 1.07 bits per heavy atom. The lowest BCUT2D eigenvalue weighted by atomic mass is 9.87. The number of aromatic nitrogens is 3. The predicted molar refractivity (Wildman–Crippen MR) is 227 cm³/mol. The molecule has 0 saturated carbocycles. The van der Waals surface area contributed by atoms with Gasteiger partial charge in [-0.15, -0.1) is 0 Å². The highest BCUT2D eigenvalue weighted by atomic mass is 19.1. The molecule has 0 spiro atoms. The van der Waals surface area contributed by atoms with Gasteiger partial charge in [0.15, 0.2) is 0 Å². The number of aryl methyl sites for hydroxylation is 2. The second-order valence-electron chi connectivity index (χ2n) is 18.4. The summed E-state index contributed by atoms with van der Waals surface area (Å²) >= 11 is 0. The molecule has 4 aromatic rings. The lowest BCUT2D eigenvalue weighted by molar-refractivity contribution is -0.0424. The highest BCUT2D eigenvalue weighted by Gasteiger charge is 2.17. The van der Waals surface area contributed by atoms with Crippen LogP contribution in [0.3, 0.4) is 0 Å². The number of anilines is 1. The maximum Gasteiger partial charge on any atom is 0.127 e. The first kappa shape index (κ1) is 50.0. The van der Waals surface area contributed by atoms with Crippen LogP contribution in [0.5, 0.6) is 11.5 Å². The summed E-state index contributed by atoms with van der Waals surface area (Å²) in [4.78, 5) is 12.5. The van der Waals surface area contributed by atoms with Gasteiger partial charge in [0.2, 0.25) is 0 Å². The van der Waals surface area contributed by atoms with Gasteiger partial charge in [-0.3, -0.25) is 4.98 Å². The van der Waals surface area contributed by atoms with E-state index in [2.05, 4.69) is 89.4 Å². The van der Waals surface area contributed by atoms with Gasteiger partial charge in [-0.25, -0.2) is 14.4 Å². The van der Waals surface area contributed by atoms with E-state index in [0.717, 1.165) is 23.0 Å². The standard InChI is InChI=1S/C10H13FO.C10H15N.C10H14O.C9H15N3.C7H16O/c1-10(2,3)12-9-6-4-8(11)5-7-9;1-8-7-9(5-6-11-8)10(2,3)4;1-10(2,3)11-9-7-5-4-6-8-9;1-6-11-7(9(2,3)4)5-8(10)12-6;1-6(2)8-7(3,4)5/h4-7H,1-3H3;5-7H,1-4H3;4-8H,1-3H3;5H,1-4H3,(H2,10,11,12);6H,1-5H3. The molecule has 0 bridgehead atoms. The molecule has 8 heteroatoms. The molecule has 0 radical (unpaired) electrons. The van der Waals surface area contributed by atoms with Crippen LogP contribution in [-0.4, -0.2) is 37.9 Å². The largest absolute Gasteiger partial charge is 0.488 e. The molecule has 0 amide bonds. The summed E-state index contributed by atoms with van der Waals surface area (Å²) in [6.45, 7) is 39.1. The van der Waals surface area contributed by atoms with Crippen molar-refractivity contribution in [2.24, 2.45) is 0 Å². The van der Waals surface area contributed by atoms with Crippen LogP contribution in [0, 0.1) is 19.7 Å². The maximum absolute atomic E-state index is 12.5. The molecule has 0 unspecified atom stereocenters. The number of para-hydroxylation sites is 1. The Kier molecular flexibility index (Phi) is 20.1. The highest BCUT2D eigenvalue weighted by Crippen LogP contribution is 2.22. The number of benzene rings is 2. The third-order valence-corrected chi connectivity index (χ3v) is 6.38. The Bertz CT molecular complexity index is 1590. The van der Waals surface area contributed by atoms with Crippen LogP contribution in [0.25, 0.3) is 0 Å². The van der Waals surface area contributed by atoms with E-state index in [-0.39, 0.29) is 33.5 Å². The van der Waals surface area contributed by atoms with Crippen LogP contribution in [0.4, 0.5) is 10.2 Å². The SMILES string of the molecule is CC(C)(C)Oc1ccc(F)cc1.CC(C)(C)Oc1ccccc1.CC(C)OC(C)(C)C.Cc1cc(C(C)(C)C)ccn1.Cc1nc(N)cc(C(C)(C)C)n1. The normalized spacial score (nSPS) is 11.6. The minimum atomic E-state index is -0.240. The van der Waals surface area contributed by atoms with Crippen LogP contribution >= 0.6 is 0 Å². The Labute approximate surface area is 328 Å². The zero-order valence-electron chi connectivity index (χ0n) is 37.1. The molecule has 0 aliphatic rings. The average Bonchev–Trinajstić information content (AvgIpc) is 2.96. The Hall–Kier alpha value is -4.04. The summed E-state index contributed by atoms with van der Waals surface area (Å²) < 4.78 is 29.0. The lowest BCUT2D eigenvalue weighted by Crippen LogP contribution is -2.23. The summed E-state index contributed by atoms with van der Waals surface area (Å²) in [5, 5.41) is 0. The van der Waals surface area contributed by atoms with Crippen molar-refractivity contribution in [2.75, 3.05) is 5.73 Å². The van der Waals surface area contributed by atoms with Crippen LogP contribution in [-0.2, 0) is 15.6 Å². The molecule has 0 aliphatic heterocycles. The van der Waals surface area contributed by atoms with Crippen molar-refractivity contribution in [3.8, 4) is 11.5 Å². The van der Waals surface area contributed by atoms with E-state index < -0.39 is 0 Å². The molecule has 0 saturated heterocycles. The quantitative estimate of drug-likeness (QED) is 0.223. The third kappa shape index (κ3) is 26.7. The van der Waals surface area contributed by atoms with Crippen LogP contribution in [0.15, 0.2) is 79.0 Å². The number of pyridine rings is 1. The number of hydrogen-bond donors (Lipinski definition) is 1. The zero-order chi connectivity index (χ0) is 42.1. The first-order chi connectivity index (χ1) is 24.4. The topological polar surface area (TPSA) is 92.4 Å². The fourth-order valence-corrected chi connectivity index (χ4v) is 4.39. The van der Waals surface area contributed by atoms with Gasteiger partial charge in [-0.2, -0.15) is 0 Å². The van der Waals surface area contributed by atoms with Gasteiger partial charge < -0.3 is 19.9 Å². The maximum atomic E-state index is 12.5. The number of nitrogens with two attached hydrogens (primary N) is 1. The smallest absolute Gasteiger partial charge is 0.127 e. The predicted octanol–water partition coefficient (Wildman–Crippen LogP) is 12.4. The van der Waals surface area contributed by atoms with Gasteiger partial charge in [0.1, 0.15) is 40.2 Å². The first-order valence-corrected chi connectivity index (χ1v) is 18.8. The molecule has 2 N–H and O–H groups in total. The van der Waals surface area contributed by atoms with Crippen molar-refractivity contribution >= 4 is 5.82 Å². The van der Waals surface area contributed by atoms with Crippen molar-refractivity contribution in [3.63, 3.8) is 0 Å². The molecule has 302 valence electrons. The second-order valence-corrected chi connectivity index (χ2v) is 18.4. The molecule has 7 nitrogen and oxygen atoms in total.